The Morgan fingerprint density at radius 1 is 1.12 bits per heavy atom. The van der Waals surface area contributed by atoms with Gasteiger partial charge in [0, 0.05) is 23.5 Å². The van der Waals surface area contributed by atoms with Gasteiger partial charge in [0.25, 0.3) is 11.8 Å². The van der Waals surface area contributed by atoms with Crippen LogP contribution in [0.4, 0.5) is 0 Å². The first-order valence-electron chi connectivity index (χ1n) is 8.44. The Balaban J connectivity index is 1.43. The SMILES string of the molecule is O=C1C2=C(CCC=C2)C(=O)N1Cc1cn2cc(C3CC3)ccc2n1. The van der Waals surface area contributed by atoms with Gasteiger partial charge in [-0.25, -0.2) is 4.98 Å². The summed E-state index contributed by atoms with van der Waals surface area (Å²) in [5, 5.41) is 0. The van der Waals surface area contributed by atoms with Crippen molar-refractivity contribution in [3.8, 4) is 0 Å². The molecular weight excluding hydrogens is 302 g/mol. The van der Waals surface area contributed by atoms with E-state index in [-0.39, 0.29) is 18.4 Å². The second-order valence-corrected chi connectivity index (χ2v) is 6.76. The topological polar surface area (TPSA) is 54.7 Å². The smallest absolute Gasteiger partial charge is 0.261 e. The summed E-state index contributed by atoms with van der Waals surface area (Å²) in [6.07, 6.45) is 11.8. The standard InChI is InChI=1S/C19H17N3O2/c23-18-15-3-1-2-4-16(15)19(24)22(18)11-14-10-21-9-13(12-5-6-12)7-8-17(21)20-14/h1,3,7-10,12H,2,4-6,11H2. The predicted molar refractivity (Wildman–Crippen MR) is 88.1 cm³/mol. The molecule has 0 radical (unpaired) electrons. The number of amides is 2. The molecule has 2 amide bonds. The number of allylic oxidation sites excluding steroid dienone is 1. The lowest BCUT2D eigenvalue weighted by atomic mass is 10.00. The van der Waals surface area contributed by atoms with Crippen molar-refractivity contribution < 1.29 is 9.59 Å². The number of imidazole rings is 1. The normalized spacial score (nSPS) is 20.4. The fraction of sp³-hybridized carbons (Fsp3) is 0.316. The van der Waals surface area contributed by atoms with Gasteiger partial charge in [0.15, 0.2) is 0 Å². The number of pyridine rings is 1. The summed E-state index contributed by atoms with van der Waals surface area (Å²) in [4.78, 5) is 30.9. The molecule has 1 saturated carbocycles. The molecule has 0 N–H and O–H groups in total. The van der Waals surface area contributed by atoms with Crippen molar-refractivity contribution in [2.75, 3.05) is 0 Å². The Morgan fingerprint density at radius 3 is 2.79 bits per heavy atom. The number of hydrogen-bond donors (Lipinski definition) is 0. The lowest BCUT2D eigenvalue weighted by Crippen LogP contribution is -2.31. The van der Waals surface area contributed by atoms with Crippen molar-refractivity contribution in [1.82, 2.24) is 14.3 Å². The second-order valence-electron chi connectivity index (χ2n) is 6.76. The van der Waals surface area contributed by atoms with Gasteiger partial charge in [-0.2, -0.15) is 0 Å². The highest BCUT2D eigenvalue weighted by atomic mass is 16.2. The Labute approximate surface area is 139 Å². The molecule has 5 nitrogen and oxygen atoms in total. The highest BCUT2D eigenvalue weighted by molar-refractivity contribution is 6.20. The average molecular weight is 319 g/mol. The van der Waals surface area contributed by atoms with E-state index in [1.807, 2.05) is 22.7 Å². The van der Waals surface area contributed by atoms with Crippen LogP contribution in [0.3, 0.4) is 0 Å². The highest BCUT2D eigenvalue weighted by Gasteiger charge is 2.37. The lowest BCUT2D eigenvalue weighted by Gasteiger charge is -2.12. The number of aromatic nitrogens is 2. The van der Waals surface area contributed by atoms with E-state index in [0.717, 1.165) is 17.8 Å². The van der Waals surface area contributed by atoms with Gasteiger partial charge in [0.1, 0.15) is 5.65 Å². The van der Waals surface area contributed by atoms with Crippen LogP contribution in [-0.4, -0.2) is 26.1 Å². The molecule has 3 heterocycles. The van der Waals surface area contributed by atoms with Crippen LogP contribution in [0.2, 0.25) is 0 Å². The third kappa shape index (κ3) is 2.04. The Kier molecular flexibility index (Phi) is 2.80. The Bertz CT molecular complexity index is 947. The summed E-state index contributed by atoms with van der Waals surface area (Å²) >= 11 is 0. The van der Waals surface area contributed by atoms with E-state index in [1.54, 1.807) is 6.08 Å². The third-order valence-corrected chi connectivity index (χ3v) is 5.04. The molecule has 0 atom stereocenters. The van der Waals surface area contributed by atoms with E-state index in [0.29, 0.717) is 23.5 Å². The Hall–Kier alpha value is -2.69. The number of carbonyl (C=O) groups is 2. The molecule has 24 heavy (non-hydrogen) atoms. The maximum Gasteiger partial charge on any atom is 0.261 e. The van der Waals surface area contributed by atoms with Gasteiger partial charge in [-0.05, 0) is 43.2 Å². The second kappa shape index (κ2) is 4.90. The lowest BCUT2D eigenvalue weighted by molar-refractivity contribution is -0.138. The van der Waals surface area contributed by atoms with Crippen molar-refractivity contribution in [1.29, 1.82) is 0 Å². The van der Waals surface area contributed by atoms with Gasteiger partial charge >= 0.3 is 0 Å². The molecule has 1 aliphatic heterocycles. The largest absolute Gasteiger partial charge is 0.306 e. The minimum atomic E-state index is -0.193. The zero-order valence-corrected chi connectivity index (χ0v) is 13.2. The number of rotatable bonds is 3. The minimum absolute atomic E-state index is 0.157. The van der Waals surface area contributed by atoms with Crippen LogP contribution < -0.4 is 0 Å². The summed E-state index contributed by atoms with van der Waals surface area (Å²) in [7, 11) is 0. The van der Waals surface area contributed by atoms with E-state index >= 15 is 0 Å². The van der Waals surface area contributed by atoms with E-state index < -0.39 is 0 Å². The fourth-order valence-corrected chi connectivity index (χ4v) is 3.59. The van der Waals surface area contributed by atoms with Crippen LogP contribution in [0, 0.1) is 0 Å². The molecule has 120 valence electrons. The quantitative estimate of drug-likeness (QED) is 0.817. The van der Waals surface area contributed by atoms with Gasteiger partial charge in [-0.1, -0.05) is 18.2 Å². The first-order valence-corrected chi connectivity index (χ1v) is 8.44. The van der Waals surface area contributed by atoms with Crippen molar-refractivity contribution in [3.63, 3.8) is 0 Å². The highest BCUT2D eigenvalue weighted by Crippen LogP contribution is 2.40. The van der Waals surface area contributed by atoms with Gasteiger partial charge in [-0.3, -0.25) is 14.5 Å². The molecule has 2 aromatic rings. The van der Waals surface area contributed by atoms with Crippen molar-refractivity contribution in [2.45, 2.75) is 38.1 Å². The van der Waals surface area contributed by atoms with E-state index in [9.17, 15) is 9.59 Å². The summed E-state index contributed by atoms with van der Waals surface area (Å²) in [6.45, 7) is 0.235. The zero-order valence-electron chi connectivity index (χ0n) is 13.2. The van der Waals surface area contributed by atoms with E-state index in [4.69, 9.17) is 0 Å². The molecule has 5 rings (SSSR count). The van der Waals surface area contributed by atoms with Gasteiger partial charge in [0.05, 0.1) is 12.2 Å². The van der Waals surface area contributed by atoms with E-state index in [1.165, 1.54) is 23.3 Å². The molecule has 1 fully saturated rings. The van der Waals surface area contributed by atoms with Crippen LogP contribution >= 0.6 is 0 Å². The summed E-state index contributed by atoms with van der Waals surface area (Å²) in [6, 6.07) is 4.14. The van der Waals surface area contributed by atoms with Crippen LogP contribution in [0.25, 0.3) is 5.65 Å². The number of hydrogen-bond acceptors (Lipinski definition) is 3. The van der Waals surface area contributed by atoms with Crippen molar-refractivity contribution in [2.24, 2.45) is 0 Å². The molecule has 2 aliphatic carbocycles. The fourth-order valence-electron chi connectivity index (χ4n) is 3.59. The first-order chi connectivity index (χ1) is 11.7. The molecule has 2 aromatic heterocycles. The molecule has 0 bridgehead atoms. The molecule has 3 aliphatic rings. The molecule has 0 saturated heterocycles. The minimum Gasteiger partial charge on any atom is -0.306 e. The average Bonchev–Trinajstić information content (AvgIpc) is 3.33. The third-order valence-electron chi connectivity index (χ3n) is 5.04. The van der Waals surface area contributed by atoms with Crippen LogP contribution in [0.1, 0.15) is 42.9 Å². The summed E-state index contributed by atoms with van der Waals surface area (Å²) in [5.41, 5.74) is 4.15. The van der Waals surface area contributed by atoms with Crippen LogP contribution in [-0.2, 0) is 16.1 Å². The predicted octanol–water partition coefficient (Wildman–Crippen LogP) is 2.73. The molecule has 0 unspecified atom stereocenters. The maximum atomic E-state index is 12.5. The van der Waals surface area contributed by atoms with E-state index in [2.05, 4.69) is 17.2 Å². The zero-order chi connectivity index (χ0) is 16.3. The first kappa shape index (κ1) is 13.7. The summed E-state index contributed by atoms with van der Waals surface area (Å²) < 4.78 is 2.00. The molecule has 0 aromatic carbocycles. The number of imide groups is 1. The van der Waals surface area contributed by atoms with Crippen LogP contribution in [0.5, 0.6) is 0 Å². The molecule has 0 spiro atoms. The van der Waals surface area contributed by atoms with Crippen molar-refractivity contribution in [3.05, 3.63) is 59.1 Å². The van der Waals surface area contributed by atoms with Crippen molar-refractivity contribution >= 4 is 17.5 Å². The molecule has 5 heteroatoms. The monoisotopic (exact) mass is 319 g/mol. The number of carbonyl (C=O) groups excluding carboxylic acids is 2. The van der Waals surface area contributed by atoms with Gasteiger partial charge in [0.2, 0.25) is 0 Å². The number of nitrogens with zero attached hydrogens (tertiary/aromatic N) is 3. The number of fused-ring (bicyclic) bond motifs is 1. The van der Waals surface area contributed by atoms with Gasteiger partial charge in [-0.15, -0.1) is 0 Å². The maximum absolute atomic E-state index is 12.5. The van der Waals surface area contributed by atoms with Gasteiger partial charge < -0.3 is 4.40 Å². The Morgan fingerprint density at radius 2 is 2.00 bits per heavy atom. The molecular formula is C19H17N3O2. The van der Waals surface area contributed by atoms with Crippen LogP contribution in [0.15, 0.2) is 47.8 Å². The summed E-state index contributed by atoms with van der Waals surface area (Å²) in [5.74, 6) is 0.335.